The second-order valence-electron chi connectivity index (χ2n) is 4.38. The summed E-state index contributed by atoms with van der Waals surface area (Å²) in [6.45, 7) is 4.00. The topological polar surface area (TPSA) is 83.8 Å². The molecule has 0 heterocycles. The van der Waals surface area contributed by atoms with Gasteiger partial charge in [-0.2, -0.15) is 0 Å². The zero-order chi connectivity index (χ0) is 15.1. The number of carboxylic acid groups (broad SMARTS) is 1. The molecule has 1 aromatic rings. The molecule has 2 N–H and O–H groups in total. The van der Waals surface area contributed by atoms with Crippen LogP contribution in [0, 0.1) is 0 Å². The van der Waals surface area contributed by atoms with Gasteiger partial charge in [0, 0.05) is 6.42 Å². The van der Waals surface area contributed by atoms with Crippen LogP contribution in [0.3, 0.4) is 0 Å². The van der Waals surface area contributed by atoms with Gasteiger partial charge in [-0.15, -0.1) is 0 Å². The van der Waals surface area contributed by atoms with E-state index in [2.05, 4.69) is 0 Å². The Balaban J connectivity index is 3.01. The standard InChI is InChI=1S/C15H20O5/c1-3-10-6-5-7-12(14(17)15(18)19)11(10)8-9-13(16)20-4-2/h5-7,14,17H,3-4,8-9H2,1-2H3,(H,18,19). The SMILES string of the molecule is CCOC(=O)CCc1c(CC)cccc1C(O)C(=O)O. The number of aliphatic carboxylic acids is 1. The number of hydrogen-bond donors (Lipinski definition) is 2. The van der Waals surface area contributed by atoms with E-state index in [0.29, 0.717) is 25.0 Å². The van der Waals surface area contributed by atoms with Gasteiger partial charge in [0.25, 0.3) is 0 Å². The molecule has 5 nitrogen and oxygen atoms in total. The molecule has 110 valence electrons. The van der Waals surface area contributed by atoms with Gasteiger partial charge in [-0.05, 0) is 36.5 Å². The van der Waals surface area contributed by atoms with Gasteiger partial charge in [-0.25, -0.2) is 4.79 Å². The monoisotopic (exact) mass is 280 g/mol. The number of benzene rings is 1. The summed E-state index contributed by atoms with van der Waals surface area (Å²) in [6, 6.07) is 5.17. The summed E-state index contributed by atoms with van der Waals surface area (Å²) in [5, 5.41) is 18.7. The van der Waals surface area contributed by atoms with Crippen LogP contribution in [0.4, 0.5) is 0 Å². The predicted octanol–water partition coefficient (Wildman–Crippen LogP) is 1.86. The van der Waals surface area contributed by atoms with Crippen molar-refractivity contribution in [2.45, 2.75) is 39.2 Å². The molecular weight excluding hydrogens is 260 g/mol. The largest absolute Gasteiger partial charge is 0.479 e. The maximum atomic E-state index is 11.4. The Kier molecular flexibility index (Phi) is 6.18. The molecule has 1 aromatic carbocycles. The molecule has 0 saturated carbocycles. The van der Waals surface area contributed by atoms with Crippen molar-refractivity contribution < 1.29 is 24.5 Å². The summed E-state index contributed by atoms with van der Waals surface area (Å²) in [5.74, 6) is -1.62. The number of ether oxygens (including phenoxy) is 1. The average molecular weight is 280 g/mol. The number of aliphatic hydroxyl groups is 1. The molecular formula is C15H20O5. The zero-order valence-electron chi connectivity index (χ0n) is 11.8. The number of hydrogen-bond acceptors (Lipinski definition) is 4. The summed E-state index contributed by atoms with van der Waals surface area (Å²) >= 11 is 0. The van der Waals surface area contributed by atoms with Crippen LogP contribution in [0.1, 0.15) is 43.1 Å². The molecule has 0 aliphatic rings. The van der Waals surface area contributed by atoms with Crippen LogP contribution >= 0.6 is 0 Å². The van der Waals surface area contributed by atoms with E-state index in [4.69, 9.17) is 9.84 Å². The predicted molar refractivity (Wildman–Crippen MR) is 73.4 cm³/mol. The second kappa shape index (κ2) is 7.65. The van der Waals surface area contributed by atoms with Crippen LogP contribution in [0.25, 0.3) is 0 Å². The number of carbonyl (C=O) groups is 2. The fourth-order valence-electron chi connectivity index (χ4n) is 2.14. The van der Waals surface area contributed by atoms with Crippen molar-refractivity contribution in [3.05, 3.63) is 34.9 Å². The Hall–Kier alpha value is -1.88. The Morgan fingerprint density at radius 2 is 2.00 bits per heavy atom. The van der Waals surface area contributed by atoms with Crippen molar-refractivity contribution in [1.82, 2.24) is 0 Å². The van der Waals surface area contributed by atoms with Gasteiger partial charge in [0.05, 0.1) is 6.61 Å². The summed E-state index contributed by atoms with van der Waals surface area (Å²) in [7, 11) is 0. The maximum absolute atomic E-state index is 11.4. The molecule has 20 heavy (non-hydrogen) atoms. The lowest BCUT2D eigenvalue weighted by atomic mass is 9.92. The van der Waals surface area contributed by atoms with E-state index in [-0.39, 0.29) is 12.4 Å². The van der Waals surface area contributed by atoms with Gasteiger partial charge in [0.1, 0.15) is 0 Å². The number of carbonyl (C=O) groups excluding carboxylic acids is 1. The van der Waals surface area contributed by atoms with Crippen LogP contribution in [-0.4, -0.2) is 28.8 Å². The highest BCUT2D eigenvalue weighted by Gasteiger charge is 2.21. The summed E-state index contributed by atoms with van der Waals surface area (Å²) in [5.41, 5.74) is 2.01. The van der Waals surface area contributed by atoms with Crippen molar-refractivity contribution in [3.63, 3.8) is 0 Å². The number of rotatable bonds is 7. The van der Waals surface area contributed by atoms with E-state index in [0.717, 1.165) is 11.1 Å². The third-order valence-corrected chi connectivity index (χ3v) is 3.10. The highest BCUT2D eigenvalue weighted by Crippen LogP contribution is 2.24. The molecule has 1 unspecified atom stereocenters. The van der Waals surface area contributed by atoms with E-state index in [9.17, 15) is 14.7 Å². The van der Waals surface area contributed by atoms with Crippen LogP contribution in [0.2, 0.25) is 0 Å². The highest BCUT2D eigenvalue weighted by molar-refractivity contribution is 5.75. The molecule has 0 aromatic heterocycles. The molecule has 5 heteroatoms. The van der Waals surface area contributed by atoms with Crippen LogP contribution in [0.5, 0.6) is 0 Å². The highest BCUT2D eigenvalue weighted by atomic mass is 16.5. The van der Waals surface area contributed by atoms with Crippen LogP contribution in [-0.2, 0) is 27.2 Å². The van der Waals surface area contributed by atoms with Crippen LogP contribution in [0.15, 0.2) is 18.2 Å². The van der Waals surface area contributed by atoms with Crippen molar-refractivity contribution in [2.24, 2.45) is 0 Å². The Bertz CT molecular complexity index is 481. The maximum Gasteiger partial charge on any atom is 0.337 e. The van der Waals surface area contributed by atoms with Gasteiger partial charge in [-0.3, -0.25) is 4.79 Å². The molecule has 0 bridgehead atoms. The van der Waals surface area contributed by atoms with E-state index in [1.165, 1.54) is 0 Å². The van der Waals surface area contributed by atoms with Crippen molar-refractivity contribution in [2.75, 3.05) is 6.61 Å². The summed E-state index contributed by atoms with van der Waals surface area (Å²) in [6.07, 6.45) is -0.330. The zero-order valence-corrected chi connectivity index (χ0v) is 11.8. The molecule has 0 spiro atoms. The van der Waals surface area contributed by atoms with Gasteiger partial charge in [0.15, 0.2) is 6.10 Å². The molecule has 1 atom stereocenters. The minimum Gasteiger partial charge on any atom is -0.479 e. The van der Waals surface area contributed by atoms with E-state index < -0.39 is 12.1 Å². The number of aliphatic hydroxyl groups excluding tert-OH is 1. The number of esters is 1. The molecule has 0 aliphatic heterocycles. The molecule has 0 fully saturated rings. The Morgan fingerprint density at radius 3 is 2.55 bits per heavy atom. The molecule has 1 rings (SSSR count). The number of carboxylic acids is 1. The normalized spacial score (nSPS) is 11.9. The first-order valence-corrected chi connectivity index (χ1v) is 6.68. The van der Waals surface area contributed by atoms with E-state index >= 15 is 0 Å². The van der Waals surface area contributed by atoms with Gasteiger partial charge in [-0.1, -0.05) is 25.1 Å². The first-order chi connectivity index (χ1) is 9.51. The molecule has 0 amide bonds. The third-order valence-electron chi connectivity index (χ3n) is 3.10. The fourth-order valence-corrected chi connectivity index (χ4v) is 2.14. The first kappa shape index (κ1) is 16.2. The molecule has 0 radical (unpaired) electrons. The number of aryl methyl sites for hydroxylation is 1. The minimum absolute atomic E-state index is 0.171. The summed E-state index contributed by atoms with van der Waals surface area (Å²) < 4.78 is 4.87. The lowest BCUT2D eigenvalue weighted by Gasteiger charge is -2.16. The summed E-state index contributed by atoms with van der Waals surface area (Å²) in [4.78, 5) is 22.4. The van der Waals surface area contributed by atoms with Gasteiger partial charge < -0.3 is 14.9 Å². The van der Waals surface area contributed by atoms with Crippen molar-refractivity contribution in [3.8, 4) is 0 Å². The first-order valence-electron chi connectivity index (χ1n) is 6.68. The quantitative estimate of drug-likeness (QED) is 0.745. The van der Waals surface area contributed by atoms with Gasteiger partial charge in [0.2, 0.25) is 0 Å². The van der Waals surface area contributed by atoms with Crippen LogP contribution < -0.4 is 0 Å². The lowest BCUT2D eigenvalue weighted by molar-refractivity contribution is -0.147. The lowest BCUT2D eigenvalue weighted by Crippen LogP contribution is -2.15. The van der Waals surface area contributed by atoms with E-state index in [1.807, 2.05) is 13.0 Å². The smallest absolute Gasteiger partial charge is 0.337 e. The fraction of sp³-hybridized carbons (Fsp3) is 0.467. The Morgan fingerprint density at radius 1 is 1.30 bits per heavy atom. The molecule has 0 saturated heterocycles. The molecule has 0 aliphatic carbocycles. The van der Waals surface area contributed by atoms with Crippen molar-refractivity contribution in [1.29, 1.82) is 0 Å². The van der Waals surface area contributed by atoms with Gasteiger partial charge >= 0.3 is 11.9 Å². The second-order valence-corrected chi connectivity index (χ2v) is 4.38. The minimum atomic E-state index is -1.57. The van der Waals surface area contributed by atoms with Crippen molar-refractivity contribution >= 4 is 11.9 Å². The third kappa shape index (κ3) is 4.06. The average Bonchev–Trinajstić information content (AvgIpc) is 2.44. The Labute approximate surface area is 118 Å². The van der Waals surface area contributed by atoms with E-state index in [1.54, 1.807) is 19.1 Å².